The number of sulfonamides is 1. The number of nitrogens with one attached hydrogen (secondary N) is 2. The van der Waals surface area contributed by atoms with E-state index in [9.17, 15) is 18.5 Å². The lowest BCUT2D eigenvalue weighted by molar-refractivity contribution is -0.384. The van der Waals surface area contributed by atoms with Gasteiger partial charge in [-0.15, -0.1) is 0 Å². The van der Waals surface area contributed by atoms with Gasteiger partial charge in [0.25, 0.3) is 5.69 Å². The van der Waals surface area contributed by atoms with Crippen molar-refractivity contribution in [3.8, 4) is 0 Å². The molecule has 1 aliphatic heterocycles. The highest BCUT2D eigenvalue weighted by Gasteiger charge is 2.26. The number of hydrogen-bond acceptors (Lipinski definition) is 5. The number of rotatable bonds is 5. The van der Waals surface area contributed by atoms with Crippen LogP contribution in [0.25, 0.3) is 0 Å². The Kier molecular flexibility index (Phi) is 5.68. The molecule has 1 saturated heterocycles. The fourth-order valence-corrected chi connectivity index (χ4v) is 4.53. The maximum absolute atomic E-state index is 12.5. The zero-order chi connectivity index (χ0) is 19.4. The van der Waals surface area contributed by atoms with Gasteiger partial charge >= 0.3 is 0 Å². The van der Waals surface area contributed by atoms with Crippen molar-refractivity contribution in [1.29, 1.82) is 0 Å². The molecule has 0 aromatic heterocycles. The number of nitro groups is 1. The molecule has 2 aromatic rings. The van der Waals surface area contributed by atoms with Crippen molar-refractivity contribution in [2.75, 3.05) is 23.7 Å². The van der Waals surface area contributed by atoms with Crippen molar-refractivity contribution < 1.29 is 13.3 Å². The van der Waals surface area contributed by atoms with Crippen molar-refractivity contribution in [2.24, 2.45) is 0 Å². The van der Waals surface area contributed by atoms with E-state index in [0.717, 1.165) is 12.8 Å². The Bertz CT molecular complexity index is 955. The Balaban J connectivity index is 1.65. The van der Waals surface area contributed by atoms with Gasteiger partial charge in [0.05, 0.1) is 9.82 Å². The molecule has 1 aliphatic rings. The molecule has 2 aromatic carbocycles. The van der Waals surface area contributed by atoms with Crippen molar-refractivity contribution >= 4 is 44.4 Å². The third-order valence-electron chi connectivity index (χ3n) is 4.13. The molecular weight excluding hydrogens is 388 g/mol. The Morgan fingerprint density at radius 2 is 1.67 bits per heavy atom. The smallest absolute Gasteiger partial charge is 0.271 e. The number of nitrogens with zero attached hydrogens (tertiary/aromatic N) is 2. The molecule has 1 heterocycles. The van der Waals surface area contributed by atoms with E-state index in [4.69, 9.17) is 12.2 Å². The van der Waals surface area contributed by atoms with Crippen molar-refractivity contribution in [3.63, 3.8) is 0 Å². The summed E-state index contributed by atoms with van der Waals surface area (Å²) in [7, 11) is -3.45. The second-order valence-corrected chi connectivity index (χ2v) is 8.37. The first-order chi connectivity index (χ1) is 12.9. The van der Waals surface area contributed by atoms with Gasteiger partial charge < -0.3 is 10.6 Å². The van der Waals surface area contributed by atoms with Gasteiger partial charge in [0.1, 0.15) is 0 Å². The molecule has 0 amide bonds. The van der Waals surface area contributed by atoms with Crippen LogP contribution < -0.4 is 10.6 Å². The Morgan fingerprint density at radius 3 is 2.30 bits per heavy atom. The topological polar surface area (TPSA) is 105 Å². The molecule has 3 rings (SSSR count). The minimum absolute atomic E-state index is 0.0423. The molecule has 0 radical (unpaired) electrons. The van der Waals surface area contributed by atoms with Crippen LogP contribution >= 0.6 is 12.2 Å². The standard InChI is InChI=1S/C17H18N4O4S2/c22-21(23)15-5-3-4-14(12-15)19-17(26)18-13-6-8-16(9-7-13)27(24,25)20-10-1-2-11-20/h3-9,12H,1-2,10-11H2,(H2,18,19,26). The first-order valence-corrected chi connectivity index (χ1v) is 10.1. The number of hydrogen-bond donors (Lipinski definition) is 2. The van der Waals surface area contributed by atoms with E-state index in [1.54, 1.807) is 24.3 Å². The van der Waals surface area contributed by atoms with E-state index >= 15 is 0 Å². The summed E-state index contributed by atoms with van der Waals surface area (Å²) in [5, 5.41) is 16.9. The molecule has 0 saturated carbocycles. The van der Waals surface area contributed by atoms with Gasteiger partial charge in [-0.05, 0) is 55.4 Å². The number of thiocarbonyl (C=S) groups is 1. The zero-order valence-electron chi connectivity index (χ0n) is 14.3. The summed E-state index contributed by atoms with van der Waals surface area (Å²) < 4.78 is 26.5. The first kappa shape index (κ1) is 19.2. The molecule has 1 fully saturated rings. The van der Waals surface area contributed by atoms with Gasteiger partial charge in [0.15, 0.2) is 5.11 Å². The summed E-state index contributed by atoms with van der Waals surface area (Å²) in [5.74, 6) is 0. The van der Waals surface area contributed by atoms with E-state index in [-0.39, 0.29) is 15.7 Å². The SMILES string of the molecule is O=[N+]([O-])c1cccc(NC(=S)Nc2ccc(S(=O)(=O)N3CCCC3)cc2)c1. The van der Waals surface area contributed by atoms with Crippen LogP contribution in [-0.4, -0.2) is 35.8 Å². The quantitative estimate of drug-likeness (QED) is 0.446. The van der Waals surface area contributed by atoms with Crippen LogP contribution in [0.4, 0.5) is 17.1 Å². The normalized spacial score (nSPS) is 14.7. The summed E-state index contributed by atoms with van der Waals surface area (Å²) in [6, 6.07) is 12.3. The summed E-state index contributed by atoms with van der Waals surface area (Å²) in [6.07, 6.45) is 1.77. The van der Waals surface area contributed by atoms with Gasteiger partial charge in [0.2, 0.25) is 10.0 Å². The minimum Gasteiger partial charge on any atom is -0.332 e. The summed E-state index contributed by atoms with van der Waals surface area (Å²) in [4.78, 5) is 10.6. The highest BCUT2D eigenvalue weighted by Crippen LogP contribution is 2.22. The number of benzene rings is 2. The van der Waals surface area contributed by atoms with Gasteiger partial charge in [-0.2, -0.15) is 4.31 Å². The molecule has 2 N–H and O–H groups in total. The molecule has 0 spiro atoms. The third kappa shape index (κ3) is 4.59. The second-order valence-electron chi connectivity index (χ2n) is 6.02. The molecule has 0 atom stereocenters. The number of anilines is 2. The third-order valence-corrected chi connectivity index (χ3v) is 6.25. The lowest BCUT2D eigenvalue weighted by atomic mass is 10.3. The molecule has 0 unspecified atom stereocenters. The predicted octanol–water partition coefficient (Wildman–Crippen LogP) is 3.19. The fourth-order valence-electron chi connectivity index (χ4n) is 2.78. The van der Waals surface area contributed by atoms with Gasteiger partial charge in [0, 0.05) is 36.6 Å². The van der Waals surface area contributed by atoms with Crippen molar-refractivity contribution in [3.05, 3.63) is 58.6 Å². The average molecular weight is 406 g/mol. The van der Waals surface area contributed by atoms with Gasteiger partial charge in [-0.1, -0.05) is 6.07 Å². The molecule has 0 aliphatic carbocycles. The first-order valence-electron chi connectivity index (χ1n) is 8.29. The average Bonchev–Trinajstić information content (AvgIpc) is 3.18. The summed E-state index contributed by atoms with van der Waals surface area (Å²) >= 11 is 5.20. The fraction of sp³-hybridized carbons (Fsp3) is 0.235. The van der Waals surface area contributed by atoms with E-state index < -0.39 is 14.9 Å². The van der Waals surface area contributed by atoms with E-state index in [1.807, 2.05) is 0 Å². The van der Waals surface area contributed by atoms with Gasteiger partial charge in [-0.3, -0.25) is 10.1 Å². The summed E-state index contributed by atoms with van der Waals surface area (Å²) in [6.45, 7) is 1.11. The van der Waals surface area contributed by atoms with Crippen LogP contribution in [0.1, 0.15) is 12.8 Å². The van der Waals surface area contributed by atoms with Crippen LogP contribution in [0.5, 0.6) is 0 Å². The lowest BCUT2D eigenvalue weighted by Crippen LogP contribution is -2.27. The maximum Gasteiger partial charge on any atom is 0.271 e. The van der Waals surface area contributed by atoms with Crippen molar-refractivity contribution in [2.45, 2.75) is 17.7 Å². The predicted molar refractivity (Wildman–Crippen MR) is 107 cm³/mol. The molecular formula is C17H18N4O4S2. The Labute approximate surface area is 162 Å². The molecule has 10 heteroatoms. The number of nitro benzene ring substituents is 1. The highest BCUT2D eigenvalue weighted by molar-refractivity contribution is 7.89. The minimum atomic E-state index is -3.45. The van der Waals surface area contributed by atoms with Crippen LogP contribution in [0.2, 0.25) is 0 Å². The molecule has 0 bridgehead atoms. The van der Waals surface area contributed by atoms with Crippen LogP contribution in [0, 0.1) is 10.1 Å². The molecule has 27 heavy (non-hydrogen) atoms. The monoisotopic (exact) mass is 406 g/mol. The van der Waals surface area contributed by atoms with Crippen molar-refractivity contribution in [1.82, 2.24) is 4.31 Å². The summed E-state index contributed by atoms with van der Waals surface area (Å²) in [5.41, 5.74) is 1.05. The number of non-ortho nitro benzene ring substituents is 1. The van der Waals surface area contributed by atoms with E-state index in [1.165, 1.54) is 28.6 Å². The largest absolute Gasteiger partial charge is 0.332 e. The van der Waals surface area contributed by atoms with Crippen LogP contribution in [0.15, 0.2) is 53.4 Å². The maximum atomic E-state index is 12.5. The van der Waals surface area contributed by atoms with E-state index in [2.05, 4.69) is 10.6 Å². The highest BCUT2D eigenvalue weighted by atomic mass is 32.2. The second kappa shape index (κ2) is 7.99. The van der Waals surface area contributed by atoms with Crippen LogP contribution in [-0.2, 0) is 10.0 Å². The van der Waals surface area contributed by atoms with Crippen LogP contribution in [0.3, 0.4) is 0 Å². The van der Waals surface area contributed by atoms with Gasteiger partial charge in [-0.25, -0.2) is 8.42 Å². The Hall–Kier alpha value is -2.56. The Morgan fingerprint density at radius 1 is 1.04 bits per heavy atom. The zero-order valence-corrected chi connectivity index (χ0v) is 15.9. The van der Waals surface area contributed by atoms with E-state index in [0.29, 0.717) is 24.5 Å². The molecule has 8 nitrogen and oxygen atoms in total. The lowest BCUT2D eigenvalue weighted by Gasteiger charge is -2.16. The molecule has 142 valence electrons.